The second-order valence-corrected chi connectivity index (χ2v) is 1.35. The molecule has 0 aromatic rings. The average molecular weight is 252 g/mol. The maximum Gasteiger partial charge on any atom is 0 e. The van der Waals surface area contributed by atoms with Crippen LogP contribution < -0.4 is 0 Å². The molecule has 0 unspecified atom stereocenters. The molecule has 0 aliphatic heterocycles. The average Bonchev–Trinajstić information content (AvgIpc) is 2.16. The third kappa shape index (κ3) is 5040. The van der Waals surface area contributed by atoms with Gasteiger partial charge in [-0.25, -0.2) is 0 Å². The topological polar surface area (TPSA) is 79.6 Å². The summed E-state index contributed by atoms with van der Waals surface area (Å²) in [5.41, 5.74) is 0. The summed E-state index contributed by atoms with van der Waals surface area (Å²) in [4.78, 5) is 0. The van der Waals surface area contributed by atoms with Gasteiger partial charge in [-0.3, -0.25) is 8.22 Å². The third-order valence-electron chi connectivity index (χ3n) is 0. The van der Waals surface area contributed by atoms with Crippen molar-refractivity contribution in [1.29, 1.82) is 0 Å². The summed E-state index contributed by atoms with van der Waals surface area (Å²) in [6.45, 7) is 18.9. The van der Waals surface area contributed by atoms with Gasteiger partial charge in [0.15, 0.2) is 0 Å². The molecule has 0 N–H and O–H groups in total. The van der Waals surface area contributed by atoms with Gasteiger partial charge >= 0.3 is 54.7 Å². The van der Waals surface area contributed by atoms with Crippen molar-refractivity contribution in [3.05, 3.63) is 26.6 Å². The second-order valence-electron chi connectivity index (χ2n) is 0.449. The van der Waals surface area contributed by atoms with Gasteiger partial charge in [-0.2, -0.15) is 0 Å². The summed E-state index contributed by atoms with van der Waals surface area (Å²) in [6, 6.07) is 0. The third-order valence-corrected chi connectivity index (χ3v) is 0. The standard InChI is InChI=1S/CH3F2Si.4CO.Co/c1-4(2)3;4*1-2;/h1H3;;;;;. The molecule has 0 rings (SSSR count). The molecule has 0 aromatic heterocycles. The van der Waals surface area contributed by atoms with E-state index in [1.165, 1.54) is 0 Å². The van der Waals surface area contributed by atoms with Crippen LogP contribution in [0.3, 0.4) is 0 Å². The Morgan fingerprint density at radius 3 is 0.769 bits per heavy atom. The van der Waals surface area contributed by atoms with Crippen LogP contribution in [0, 0.1) is 26.6 Å². The van der Waals surface area contributed by atoms with Gasteiger partial charge in [0.2, 0.25) is 0 Å². The summed E-state index contributed by atoms with van der Waals surface area (Å²) in [6.07, 6.45) is 0. The van der Waals surface area contributed by atoms with Crippen LogP contribution in [0.1, 0.15) is 0 Å². The Morgan fingerprint density at radius 1 is 0.769 bits per heavy atom. The summed E-state index contributed by atoms with van der Waals surface area (Å²) in [5.74, 6) is 0. The minimum atomic E-state index is -2.88. The first-order valence-electron chi connectivity index (χ1n) is 1.69. The van der Waals surface area contributed by atoms with Gasteiger partial charge in [0, 0.05) is 16.8 Å². The van der Waals surface area contributed by atoms with E-state index in [0.717, 1.165) is 6.55 Å². The van der Waals surface area contributed by atoms with Crippen molar-refractivity contribution < 1.29 is 43.6 Å². The van der Waals surface area contributed by atoms with Gasteiger partial charge in [-0.15, -0.1) is 0 Å². The minimum absolute atomic E-state index is 0. The maximum atomic E-state index is 10.4. The minimum Gasteiger partial charge on any atom is 0 e. The normalized spacial score (nSPS) is 3.38. The van der Waals surface area contributed by atoms with Crippen molar-refractivity contribution >= 4 is 9.46 Å². The molecular weight excluding hydrogens is 249 g/mol. The van der Waals surface area contributed by atoms with Crippen LogP contribution in [0.2, 0.25) is 6.55 Å². The number of halogens is 2. The fraction of sp³-hybridized carbons (Fsp3) is 0.200. The zero-order chi connectivity index (χ0) is 11.6. The monoisotopic (exact) mass is 252 g/mol. The van der Waals surface area contributed by atoms with Crippen molar-refractivity contribution in [2.75, 3.05) is 0 Å². The molecule has 8 heteroatoms. The van der Waals surface area contributed by atoms with Crippen molar-refractivity contribution in [2.45, 2.75) is 6.55 Å². The van der Waals surface area contributed by atoms with Crippen LogP contribution in [0.5, 0.6) is 0 Å². The van der Waals surface area contributed by atoms with Crippen LogP contribution in [-0.2, 0) is 35.4 Å². The molecule has 74 valence electrons. The molecule has 0 bridgehead atoms. The molecule has 0 spiro atoms. The molecule has 4 nitrogen and oxygen atoms in total. The number of rotatable bonds is 0. The van der Waals surface area contributed by atoms with Crippen molar-refractivity contribution in [1.82, 2.24) is 0 Å². The SMILES string of the molecule is C[Si](F)F.[C-]#[O+].[C-]#[O+].[C-]#[O+].[C-]#[O+].[Co]. The zero-order valence-electron chi connectivity index (χ0n) is 6.22. The molecular formula is C5H3CoF2O4Si. The molecule has 0 atom stereocenters. The van der Waals surface area contributed by atoms with E-state index in [0.29, 0.717) is 0 Å². The Bertz CT molecular complexity index is 95.9. The smallest absolute Gasteiger partial charge is 0 e. The van der Waals surface area contributed by atoms with E-state index >= 15 is 0 Å². The summed E-state index contributed by atoms with van der Waals surface area (Å²) in [7, 11) is -2.88. The molecule has 0 fully saturated rings. The largest absolute Gasteiger partial charge is 0 e. The van der Waals surface area contributed by atoms with Crippen LogP contribution in [0.25, 0.3) is 0 Å². The Hall–Kier alpha value is -0.457. The van der Waals surface area contributed by atoms with Crippen molar-refractivity contribution in [3.63, 3.8) is 0 Å². The first-order chi connectivity index (χ1) is 5.73. The van der Waals surface area contributed by atoms with E-state index in [1.807, 2.05) is 0 Å². The van der Waals surface area contributed by atoms with E-state index in [9.17, 15) is 8.22 Å². The predicted octanol–water partition coefficient (Wildman–Crippen LogP) is 0.891. The molecule has 0 amide bonds. The fourth-order valence-corrected chi connectivity index (χ4v) is 0. The fourth-order valence-electron chi connectivity index (χ4n) is 0. The first kappa shape index (κ1) is 39.0. The number of hydrogen-bond acceptors (Lipinski definition) is 0. The van der Waals surface area contributed by atoms with Gasteiger partial charge in [0.25, 0.3) is 0 Å². The molecule has 0 saturated heterocycles. The second kappa shape index (κ2) is 198. The molecule has 0 saturated carbocycles. The van der Waals surface area contributed by atoms with Gasteiger partial charge in [-0.1, -0.05) is 0 Å². The van der Waals surface area contributed by atoms with E-state index in [4.69, 9.17) is 18.6 Å². The zero-order valence-corrected chi connectivity index (χ0v) is 8.26. The van der Waals surface area contributed by atoms with Gasteiger partial charge in [0.05, 0.1) is 0 Å². The summed E-state index contributed by atoms with van der Waals surface area (Å²) >= 11 is 0. The Kier molecular flexibility index (Phi) is 596. The molecule has 13 heavy (non-hydrogen) atoms. The molecule has 0 aliphatic carbocycles. The van der Waals surface area contributed by atoms with Crippen LogP contribution in [0.15, 0.2) is 0 Å². The van der Waals surface area contributed by atoms with Crippen molar-refractivity contribution in [2.24, 2.45) is 0 Å². The van der Waals surface area contributed by atoms with E-state index in [1.54, 1.807) is 0 Å². The number of hydrogen-bond donors (Lipinski definition) is 0. The molecule has 2 radical (unpaired) electrons. The Labute approximate surface area is 86.7 Å². The predicted molar refractivity (Wildman–Crippen MR) is 29.6 cm³/mol. The van der Waals surface area contributed by atoms with Crippen LogP contribution in [0.4, 0.5) is 8.22 Å². The van der Waals surface area contributed by atoms with E-state index < -0.39 is 9.46 Å². The summed E-state index contributed by atoms with van der Waals surface area (Å²) in [5, 5.41) is 0. The van der Waals surface area contributed by atoms with E-state index in [-0.39, 0.29) is 16.8 Å². The Balaban J connectivity index is -0.0000000122. The van der Waals surface area contributed by atoms with Crippen molar-refractivity contribution in [3.8, 4) is 0 Å². The van der Waals surface area contributed by atoms with Gasteiger partial charge in [-0.05, 0) is 6.55 Å². The van der Waals surface area contributed by atoms with E-state index in [2.05, 4.69) is 26.6 Å². The quantitative estimate of drug-likeness (QED) is 0.265. The maximum absolute atomic E-state index is 10.4. The van der Waals surface area contributed by atoms with Gasteiger partial charge < -0.3 is 0 Å². The van der Waals surface area contributed by atoms with Crippen LogP contribution in [-0.4, -0.2) is 9.46 Å². The van der Waals surface area contributed by atoms with Crippen LogP contribution >= 0.6 is 0 Å². The van der Waals surface area contributed by atoms with Gasteiger partial charge in [0.1, 0.15) is 0 Å². The molecule has 0 aromatic carbocycles. The Morgan fingerprint density at radius 2 is 0.769 bits per heavy atom. The first-order valence-corrected chi connectivity index (χ1v) is 3.45. The summed E-state index contributed by atoms with van der Waals surface area (Å²) < 4.78 is 50.9. The molecule has 0 heterocycles. The molecule has 0 aliphatic rings.